The minimum atomic E-state index is -3.46. The third-order valence-corrected chi connectivity index (χ3v) is 4.71. The zero-order valence-electron chi connectivity index (χ0n) is 10.8. The van der Waals surface area contributed by atoms with Gasteiger partial charge < -0.3 is 9.73 Å². The quantitative estimate of drug-likeness (QED) is 0.818. The number of furan rings is 1. The summed E-state index contributed by atoms with van der Waals surface area (Å²) in [5.74, 6) is 0.672. The second kappa shape index (κ2) is 5.42. The highest BCUT2D eigenvalue weighted by molar-refractivity contribution is 7.89. The SMILES string of the molecule is CCCN(C)S(=O)(=O)c1ccc(CNC2CC2)o1. The van der Waals surface area contributed by atoms with Gasteiger partial charge in [0.05, 0.1) is 6.54 Å². The van der Waals surface area contributed by atoms with Gasteiger partial charge in [0.1, 0.15) is 5.76 Å². The second-order valence-corrected chi connectivity index (χ2v) is 6.68. The van der Waals surface area contributed by atoms with Crippen LogP contribution in [0.5, 0.6) is 0 Å². The molecule has 1 N–H and O–H groups in total. The van der Waals surface area contributed by atoms with E-state index in [1.807, 2.05) is 6.92 Å². The van der Waals surface area contributed by atoms with Gasteiger partial charge in [-0.1, -0.05) is 6.92 Å². The van der Waals surface area contributed by atoms with Crippen LogP contribution in [0.4, 0.5) is 0 Å². The van der Waals surface area contributed by atoms with Crippen molar-refractivity contribution in [2.24, 2.45) is 0 Å². The molecule has 5 nitrogen and oxygen atoms in total. The van der Waals surface area contributed by atoms with Crippen LogP contribution in [0.3, 0.4) is 0 Å². The van der Waals surface area contributed by atoms with Gasteiger partial charge in [-0.3, -0.25) is 0 Å². The molecule has 1 fully saturated rings. The van der Waals surface area contributed by atoms with E-state index in [-0.39, 0.29) is 5.09 Å². The molecule has 0 unspecified atom stereocenters. The van der Waals surface area contributed by atoms with Crippen molar-refractivity contribution in [3.8, 4) is 0 Å². The summed E-state index contributed by atoms with van der Waals surface area (Å²) in [6.07, 6.45) is 3.18. The number of hydrogen-bond donors (Lipinski definition) is 1. The van der Waals surface area contributed by atoms with Crippen LogP contribution in [0, 0.1) is 0 Å². The van der Waals surface area contributed by atoms with Crippen molar-refractivity contribution in [3.05, 3.63) is 17.9 Å². The van der Waals surface area contributed by atoms with E-state index < -0.39 is 10.0 Å². The van der Waals surface area contributed by atoms with Gasteiger partial charge in [0.15, 0.2) is 0 Å². The predicted octanol–water partition coefficient (Wildman–Crippen LogP) is 1.56. The first-order valence-corrected chi connectivity index (χ1v) is 7.76. The van der Waals surface area contributed by atoms with Crippen LogP contribution in [-0.4, -0.2) is 32.4 Å². The first kappa shape index (κ1) is 13.6. The van der Waals surface area contributed by atoms with Crippen molar-refractivity contribution >= 4 is 10.0 Å². The highest BCUT2D eigenvalue weighted by Gasteiger charge is 2.25. The molecule has 102 valence electrons. The zero-order chi connectivity index (χ0) is 13.2. The van der Waals surface area contributed by atoms with E-state index in [0.717, 1.165) is 6.42 Å². The van der Waals surface area contributed by atoms with Gasteiger partial charge in [-0.2, -0.15) is 4.31 Å². The lowest BCUT2D eigenvalue weighted by Crippen LogP contribution is -2.27. The molecule has 1 aliphatic rings. The number of rotatable bonds is 7. The molecule has 0 atom stereocenters. The largest absolute Gasteiger partial charge is 0.447 e. The summed E-state index contributed by atoms with van der Waals surface area (Å²) in [5, 5.41) is 3.32. The number of nitrogens with one attached hydrogen (secondary N) is 1. The average molecular weight is 272 g/mol. The molecule has 1 aromatic rings. The van der Waals surface area contributed by atoms with Gasteiger partial charge in [-0.25, -0.2) is 8.42 Å². The lowest BCUT2D eigenvalue weighted by atomic mass is 10.4. The van der Waals surface area contributed by atoms with Crippen LogP contribution < -0.4 is 5.32 Å². The normalized spacial score (nSPS) is 16.4. The fraction of sp³-hybridized carbons (Fsp3) is 0.667. The molecule has 2 rings (SSSR count). The van der Waals surface area contributed by atoms with Crippen molar-refractivity contribution < 1.29 is 12.8 Å². The Hall–Kier alpha value is -0.850. The van der Waals surface area contributed by atoms with Crippen LogP contribution in [0.25, 0.3) is 0 Å². The van der Waals surface area contributed by atoms with Crippen molar-refractivity contribution in [3.63, 3.8) is 0 Å². The lowest BCUT2D eigenvalue weighted by molar-refractivity contribution is 0.380. The van der Waals surface area contributed by atoms with E-state index in [1.165, 1.54) is 23.2 Å². The molecule has 1 heterocycles. The van der Waals surface area contributed by atoms with Gasteiger partial charge in [0, 0.05) is 19.6 Å². The fourth-order valence-corrected chi connectivity index (χ4v) is 2.90. The van der Waals surface area contributed by atoms with E-state index in [9.17, 15) is 8.42 Å². The van der Waals surface area contributed by atoms with Crippen molar-refractivity contribution in [1.82, 2.24) is 9.62 Å². The Kier molecular flexibility index (Phi) is 4.09. The second-order valence-electron chi connectivity index (χ2n) is 4.70. The molecule has 1 aromatic heterocycles. The molecule has 1 aliphatic carbocycles. The van der Waals surface area contributed by atoms with E-state index in [1.54, 1.807) is 13.1 Å². The Bertz CT molecular complexity index is 491. The molecule has 0 radical (unpaired) electrons. The van der Waals surface area contributed by atoms with Gasteiger partial charge in [-0.15, -0.1) is 0 Å². The summed E-state index contributed by atoms with van der Waals surface area (Å²) in [7, 11) is -1.89. The molecule has 0 aliphatic heterocycles. The predicted molar refractivity (Wildman–Crippen MR) is 68.7 cm³/mol. The van der Waals surface area contributed by atoms with Gasteiger partial charge >= 0.3 is 0 Å². The van der Waals surface area contributed by atoms with Gasteiger partial charge in [-0.05, 0) is 31.4 Å². The summed E-state index contributed by atoms with van der Waals surface area (Å²) < 4.78 is 30.9. The van der Waals surface area contributed by atoms with Crippen LogP contribution in [0.1, 0.15) is 31.9 Å². The molecule has 18 heavy (non-hydrogen) atoms. The van der Waals surface area contributed by atoms with E-state index in [2.05, 4.69) is 5.32 Å². The van der Waals surface area contributed by atoms with Crippen molar-refractivity contribution in [2.75, 3.05) is 13.6 Å². The monoisotopic (exact) mass is 272 g/mol. The Labute approximate surface area is 108 Å². The highest BCUT2D eigenvalue weighted by Crippen LogP contribution is 2.21. The van der Waals surface area contributed by atoms with E-state index >= 15 is 0 Å². The lowest BCUT2D eigenvalue weighted by Gasteiger charge is -2.13. The molecule has 0 aromatic carbocycles. The van der Waals surface area contributed by atoms with Crippen LogP contribution in [-0.2, 0) is 16.6 Å². The molecule has 0 spiro atoms. The molecular formula is C12H20N2O3S. The topological polar surface area (TPSA) is 62.6 Å². The van der Waals surface area contributed by atoms with Crippen molar-refractivity contribution in [2.45, 2.75) is 43.9 Å². The average Bonchev–Trinajstić information content (AvgIpc) is 3.03. The molecule has 0 saturated heterocycles. The maximum atomic E-state index is 12.1. The standard InChI is InChI=1S/C12H20N2O3S/c1-3-8-14(2)18(15,16)12-7-6-11(17-12)9-13-10-4-5-10/h6-7,10,13H,3-5,8-9H2,1-2H3. The van der Waals surface area contributed by atoms with Crippen molar-refractivity contribution in [1.29, 1.82) is 0 Å². The summed E-state index contributed by atoms with van der Waals surface area (Å²) >= 11 is 0. The minimum absolute atomic E-state index is 0.0334. The molecule has 0 bridgehead atoms. The zero-order valence-corrected chi connectivity index (χ0v) is 11.7. The summed E-state index contributed by atoms with van der Waals surface area (Å²) in [4.78, 5) is 0. The smallest absolute Gasteiger partial charge is 0.276 e. The number of sulfonamides is 1. The number of hydrogen-bond acceptors (Lipinski definition) is 4. The molecular weight excluding hydrogens is 252 g/mol. The maximum Gasteiger partial charge on any atom is 0.276 e. The maximum absolute atomic E-state index is 12.1. The Morgan fingerprint density at radius 3 is 2.78 bits per heavy atom. The first-order chi connectivity index (χ1) is 8.54. The summed E-state index contributed by atoms with van der Waals surface area (Å²) in [5.41, 5.74) is 0. The highest BCUT2D eigenvalue weighted by atomic mass is 32.2. The summed E-state index contributed by atoms with van der Waals surface area (Å²) in [6, 6.07) is 3.84. The van der Waals surface area contributed by atoms with E-state index in [0.29, 0.717) is 24.9 Å². The molecule has 0 amide bonds. The van der Waals surface area contributed by atoms with Gasteiger partial charge in [0.25, 0.3) is 10.0 Å². The molecule has 6 heteroatoms. The number of nitrogens with zero attached hydrogens (tertiary/aromatic N) is 1. The van der Waals surface area contributed by atoms with Crippen LogP contribution in [0.15, 0.2) is 21.6 Å². The third-order valence-electron chi connectivity index (χ3n) is 2.98. The Balaban J connectivity index is 2.03. The Morgan fingerprint density at radius 1 is 1.44 bits per heavy atom. The minimum Gasteiger partial charge on any atom is -0.447 e. The Morgan fingerprint density at radius 2 is 2.17 bits per heavy atom. The first-order valence-electron chi connectivity index (χ1n) is 6.32. The van der Waals surface area contributed by atoms with Crippen LogP contribution in [0.2, 0.25) is 0 Å². The summed E-state index contributed by atoms with van der Waals surface area (Å²) in [6.45, 7) is 3.04. The third kappa shape index (κ3) is 3.13. The van der Waals surface area contributed by atoms with Gasteiger partial charge in [0.2, 0.25) is 5.09 Å². The van der Waals surface area contributed by atoms with Crippen LogP contribution >= 0.6 is 0 Å². The van der Waals surface area contributed by atoms with E-state index in [4.69, 9.17) is 4.42 Å². The fourth-order valence-electron chi connectivity index (χ4n) is 1.71. The molecule has 1 saturated carbocycles.